The predicted molar refractivity (Wildman–Crippen MR) is 312 cm³/mol. The molecule has 3 aliphatic rings. The van der Waals surface area contributed by atoms with E-state index in [1.54, 1.807) is 19.6 Å². The smallest absolute Gasteiger partial charge is 0.317 e. The number of halogens is 3. The van der Waals surface area contributed by atoms with Gasteiger partial charge in [0, 0.05) is 132 Å². The van der Waals surface area contributed by atoms with E-state index in [2.05, 4.69) is 20.4 Å². The zero-order valence-corrected chi connectivity index (χ0v) is 49.4. The monoisotopic (exact) mass is 1220 g/mol. The summed E-state index contributed by atoms with van der Waals surface area (Å²) in [5, 5.41) is 34.5. The number of nitrogens with one attached hydrogen (secondary N) is 2. The van der Waals surface area contributed by atoms with Gasteiger partial charge in [-0.15, -0.1) is 0 Å². The molecule has 0 aliphatic carbocycles. The molecule has 0 saturated carbocycles. The average molecular weight is 1220 g/mol. The number of alkyl halides is 2. The number of pyridine rings is 1. The van der Waals surface area contributed by atoms with Crippen LogP contribution in [0.15, 0.2) is 54.6 Å². The van der Waals surface area contributed by atoms with Crippen molar-refractivity contribution in [1.29, 1.82) is 0 Å². The Morgan fingerprint density at radius 2 is 1.22 bits per heavy atom. The van der Waals surface area contributed by atoms with Crippen LogP contribution >= 0.6 is 11.6 Å². The third kappa shape index (κ3) is 22.9. The number of nitrogens with zero attached hydrogens (tertiary/aromatic N) is 8. The van der Waals surface area contributed by atoms with Crippen molar-refractivity contribution < 1.29 is 76.6 Å². The van der Waals surface area contributed by atoms with E-state index in [4.69, 9.17) is 40.3 Å². The highest BCUT2D eigenvalue weighted by atomic mass is 35.5. The zero-order valence-electron chi connectivity index (χ0n) is 48.7. The van der Waals surface area contributed by atoms with Crippen molar-refractivity contribution in [3.05, 3.63) is 76.4 Å². The van der Waals surface area contributed by atoms with Crippen molar-refractivity contribution in [1.82, 2.24) is 45.0 Å². The van der Waals surface area contributed by atoms with Crippen molar-refractivity contribution in [3.8, 4) is 17.0 Å². The minimum atomic E-state index is -2.88. The molecule has 6 rings (SSSR count). The number of hydrogen-bond acceptors (Lipinski definition) is 18. The highest BCUT2D eigenvalue weighted by molar-refractivity contribution is 6.30. The van der Waals surface area contributed by atoms with Gasteiger partial charge in [0.1, 0.15) is 5.75 Å². The maximum Gasteiger partial charge on any atom is 0.317 e. The number of ether oxygens (including phenoxy) is 5. The van der Waals surface area contributed by atoms with Crippen LogP contribution in [0.1, 0.15) is 59.5 Å². The normalized spacial score (nSPS) is 18.2. The summed E-state index contributed by atoms with van der Waals surface area (Å²) >= 11 is 6.02. The molecule has 2 atom stereocenters. The van der Waals surface area contributed by atoms with Crippen LogP contribution < -0.4 is 20.3 Å². The molecule has 24 nitrogen and oxygen atoms in total. The number of carboxylic acid groups (broad SMARTS) is 3. The van der Waals surface area contributed by atoms with E-state index in [-0.39, 0.29) is 119 Å². The average Bonchev–Trinajstić information content (AvgIpc) is 2.75. The van der Waals surface area contributed by atoms with Gasteiger partial charge < -0.3 is 59.4 Å². The molecule has 470 valence electrons. The van der Waals surface area contributed by atoms with Crippen molar-refractivity contribution >= 4 is 52.9 Å². The van der Waals surface area contributed by atoms with Gasteiger partial charge in [-0.1, -0.05) is 30.7 Å². The first-order chi connectivity index (χ1) is 41.0. The number of hydrogen-bond donors (Lipinski definition) is 5. The number of carbonyl (C=O) groups is 6. The number of rotatable bonds is 32. The van der Waals surface area contributed by atoms with E-state index >= 15 is 0 Å². The molecule has 0 radical (unpaired) electrons. The Labute approximate surface area is 500 Å². The van der Waals surface area contributed by atoms with E-state index in [0.29, 0.717) is 122 Å². The summed E-state index contributed by atoms with van der Waals surface area (Å²) in [5.74, 6) is -3.55. The van der Waals surface area contributed by atoms with Gasteiger partial charge in [-0.3, -0.25) is 53.3 Å². The highest BCUT2D eigenvalue weighted by Crippen LogP contribution is 2.34. The number of piperazine rings is 1. The van der Waals surface area contributed by atoms with E-state index < -0.39 is 35.8 Å². The summed E-state index contributed by atoms with van der Waals surface area (Å²) < 4.78 is 56.7. The molecule has 5 N–H and O–H groups in total. The summed E-state index contributed by atoms with van der Waals surface area (Å²) in [7, 11) is 0. The molecule has 85 heavy (non-hydrogen) atoms. The molecule has 3 fully saturated rings. The fourth-order valence-corrected chi connectivity index (χ4v) is 10.6. The lowest BCUT2D eigenvalue weighted by atomic mass is 10.0. The molecule has 3 amide bonds. The van der Waals surface area contributed by atoms with Crippen LogP contribution in [-0.4, -0.2) is 281 Å². The van der Waals surface area contributed by atoms with Crippen LogP contribution in [0.3, 0.4) is 0 Å². The third-order valence-corrected chi connectivity index (χ3v) is 15.0. The van der Waals surface area contributed by atoms with Gasteiger partial charge in [-0.05, 0) is 62.2 Å². The Hall–Kier alpha value is -6.20. The van der Waals surface area contributed by atoms with Gasteiger partial charge in [-0.2, -0.15) is 0 Å². The van der Waals surface area contributed by atoms with Crippen LogP contribution in [0.25, 0.3) is 11.3 Å². The number of aliphatic carboxylic acids is 3. The summed E-state index contributed by atoms with van der Waals surface area (Å²) in [6.07, 6.45) is -1.55. The van der Waals surface area contributed by atoms with Crippen LogP contribution in [0, 0.1) is 0 Å². The molecule has 3 aliphatic heterocycles. The summed E-state index contributed by atoms with van der Waals surface area (Å²) in [6.45, 7) is 11.9. The Kier molecular flexibility index (Phi) is 28.8. The third-order valence-electron chi connectivity index (χ3n) is 14.8. The molecule has 3 saturated heterocycles. The molecule has 3 aromatic rings. The van der Waals surface area contributed by atoms with Gasteiger partial charge in [0.2, 0.25) is 5.91 Å². The molecular weight excluding hydrogens is 1130 g/mol. The van der Waals surface area contributed by atoms with Gasteiger partial charge in [-0.25, -0.2) is 13.8 Å². The van der Waals surface area contributed by atoms with Crippen molar-refractivity contribution in [2.75, 3.05) is 189 Å². The van der Waals surface area contributed by atoms with Crippen LogP contribution in [0.4, 0.5) is 14.5 Å². The number of para-hydroxylation sites is 1. The van der Waals surface area contributed by atoms with E-state index in [9.17, 15) is 52.9 Å². The molecule has 2 aromatic carbocycles. The highest BCUT2D eigenvalue weighted by Gasteiger charge is 2.35. The Balaban J connectivity index is 0.864. The summed E-state index contributed by atoms with van der Waals surface area (Å²) in [4.78, 5) is 93.5. The largest absolute Gasteiger partial charge is 0.493 e. The quantitative estimate of drug-likeness (QED) is 0.0563. The van der Waals surface area contributed by atoms with Gasteiger partial charge in [0.15, 0.2) is 5.69 Å². The molecule has 0 bridgehead atoms. The number of amides is 3. The second kappa shape index (κ2) is 36.1. The van der Waals surface area contributed by atoms with Crippen LogP contribution in [0.2, 0.25) is 5.02 Å². The van der Waals surface area contributed by atoms with Crippen molar-refractivity contribution in [2.24, 2.45) is 0 Å². The van der Waals surface area contributed by atoms with Crippen LogP contribution in [0.5, 0.6) is 5.75 Å². The molecule has 0 spiro atoms. The number of aromatic nitrogens is 1. The number of carboxylic acids is 3. The molecule has 27 heteroatoms. The second-order valence-electron chi connectivity index (χ2n) is 20.9. The minimum absolute atomic E-state index is 0.00719. The Morgan fingerprint density at radius 1 is 0.659 bits per heavy atom. The first-order valence-electron chi connectivity index (χ1n) is 29.0. The lowest BCUT2D eigenvalue weighted by Gasteiger charge is -2.43. The first-order valence-corrected chi connectivity index (χ1v) is 29.4. The standard InChI is InChI=1S/C58H83ClF2N10O14/c1-3-44-37-70(58(80)45-10-9-42(59)35-47(45)56(60)61)24-25-71(44)49-12-11-48(46-7-5-6-8-50(46)85-4-2)64-55(49)57(79)63-43-13-15-65(36-43)26-28-82-30-32-84-34-33-83-31-29-81-27-14-62-51(72)38-66-16-18-67(39-52(73)74)20-22-69(41-54(77)78)23-21-68(19-17-66)40-53(75)76/h5-12,35,43-44,56H,3-4,13-34,36-41H2,1-2H3,(H,62,72)(H,63,79)(H,73,74)(H,75,76)(H,77,78)/t43-,44-/m1/s1. The fraction of sp³-hybridized carbons (Fsp3) is 0.603. The number of anilines is 1. The maximum absolute atomic E-state index is 14.4. The maximum atomic E-state index is 14.4. The molecule has 1 aromatic heterocycles. The second-order valence-corrected chi connectivity index (χ2v) is 21.3. The number of likely N-dealkylation sites (tertiary alicyclic amines) is 1. The Morgan fingerprint density at radius 3 is 1.79 bits per heavy atom. The van der Waals surface area contributed by atoms with Crippen molar-refractivity contribution in [3.63, 3.8) is 0 Å². The Bertz CT molecular complexity index is 2600. The summed E-state index contributed by atoms with van der Waals surface area (Å²) in [5.41, 5.74) is 1.64. The SMILES string of the molecule is CCOc1ccccc1-c1ccc(N2CCN(C(=O)c3ccc(Cl)cc3C(F)F)C[C@H]2CC)c(C(=O)N[C@@H]2CCN(CCOCCOCCOCCOCCNC(=O)CN3CCN(CC(=O)O)CCN(CC(=O)O)CCN(CC(=O)O)CC3)C2)n1. The lowest BCUT2D eigenvalue weighted by molar-refractivity contribution is -0.140. The predicted octanol–water partition coefficient (Wildman–Crippen LogP) is 2.94. The van der Waals surface area contributed by atoms with Gasteiger partial charge in [0.25, 0.3) is 18.2 Å². The molecule has 0 unspecified atom stereocenters. The van der Waals surface area contributed by atoms with Gasteiger partial charge in [0.05, 0.1) is 97.0 Å². The topological polar surface area (TPSA) is 269 Å². The number of benzene rings is 2. The van der Waals surface area contributed by atoms with E-state index in [0.717, 1.165) is 24.6 Å². The molecular formula is C58H83ClF2N10O14. The first kappa shape index (κ1) is 67.9. The van der Waals surface area contributed by atoms with E-state index in [1.807, 2.05) is 55.1 Å². The fourth-order valence-electron chi connectivity index (χ4n) is 10.4. The van der Waals surface area contributed by atoms with E-state index in [1.165, 1.54) is 12.1 Å². The van der Waals surface area contributed by atoms with Crippen LogP contribution in [-0.2, 0) is 38.1 Å². The summed E-state index contributed by atoms with van der Waals surface area (Å²) in [6, 6.07) is 14.8. The molecule has 4 heterocycles. The van der Waals surface area contributed by atoms with Crippen molar-refractivity contribution in [2.45, 2.75) is 45.2 Å². The van der Waals surface area contributed by atoms with Gasteiger partial charge >= 0.3 is 17.9 Å². The zero-order chi connectivity index (χ0) is 61.1. The lowest BCUT2D eigenvalue weighted by Crippen LogP contribution is -2.55. The minimum Gasteiger partial charge on any atom is -0.493 e. The number of carbonyl (C=O) groups excluding carboxylic acids is 3.